The van der Waals surface area contributed by atoms with Gasteiger partial charge in [0, 0.05) is 12.2 Å². The molecule has 5 nitrogen and oxygen atoms in total. The summed E-state index contributed by atoms with van der Waals surface area (Å²) in [6.45, 7) is 4.80. The highest BCUT2D eigenvalue weighted by atomic mass is 16.5. The number of ether oxygens (including phenoxy) is 1. The van der Waals surface area contributed by atoms with Crippen molar-refractivity contribution >= 4 is 11.9 Å². The SMILES string of the molecule is CCCc1ccc(C(=O)OCC)n1Cc1ccc(-c2ccccc2C(=O)O)cc1. The van der Waals surface area contributed by atoms with Crippen molar-refractivity contribution in [1.29, 1.82) is 0 Å². The third kappa shape index (κ3) is 4.57. The quantitative estimate of drug-likeness (QED) is 0.547. The van der Waals surface area contributed by atoms with Gasteiger partial charge in [-0.25, -0.2) is 9.59 Å². The molecule has 0 saturated heterocycles. The predicted octanol–water partition coefficient (Wildman–Crippen LogP) is 5.03. The lowest BCUT2D eigenvalue weighted by molar-refractivity contribution is 0.0513. The smallest absolute Gasteiger partial charge is 0.354 e. The highest BCUT2D eigenvalue weighted by molar-refractivity contribution is 5.96. The summed E-state index contributed by atoms with van der Waals surface area (Å²) in [5, 5.41) is 9.41. The van der Waals surface area contributed by atoms with Crippen molar-refractivity contribution in [3.05, 3.63) is 83.2 Å². The molecule has 150 valence electrons. The molecule has 0 unspecified atom stereocenters. The first-order chi connectivity index (χ1) is 14.0. The summed E-state index contributed by atoms with van der Waals surface area (Å²) in [6.07, 6.45) is 1.86. The topological polar surface area (TPSA) is 68.5 Å². The molecule has 0 bridgehead atoms. The van der Waals surface area contributed by atoms with E-state index in [2.05, 4.69) is 6.92 Å². The summed E-state index contributed by atoms with van der Waals surface area (Å²) in [4.78, 5) is 23.8. The number of aryl methyl sites for hydroxylation is 1. The number of carbonyl (C=O) groups excluding carboxylic acids is 1. The number of hydrogen-bond donors (Lipinski definition) is 1. The maximum Gasteiger partial charge on any atom is 0.354 e. The first-order valence-electron chi connectivity index (χ1n) is 9.82. The van der Waals surface area contributed by atoms with Gasteiger partial charge in [-0.05, 0) is 48.2 Å². The van der Waals surface area contributed by atoms with Crippen molar-refractivity contribution in [1.82, 2.24) is 4.57 Å². The molecule has 1 heterocycles. The number of carbonyl (C=O) groups is 2. The molecule has 0 aliphatic carbocycles. The van der Waals surface area contributed by atoms with E-state index in [-0.39, 0.29) is 11.5 Å². The molecule has 0 aliphatic heterocycles. The molecular weight excluding hydrogens is 366 g/mol. The lowest BCUT2D eigenvalue weighted by atomic mass is 9.99. The lowest BCUT2D eigenvalue weighted by Crippen LogP contribution is -2.15. The van der Waals surface area contributed by atoms with Gasteiger partial charge in [0.05, 0.1) is 12.2 Å². The second-order valence-corrected chi connectivity index (χ2v) is 6.81. The maximum absolute atomic E-state index is 12.3. The van der Waals surface area contributed by atoms with E-state index < -0.39 is 5.97 Å². The summed E-state index contributed by atoms with van der Waals surface area (Å²) in [5.41, 5.74) is 4.48. The molecule has 0 fully saturated rings. The number of esters is 1. The van der Waals surface area contributed by atoms with E-state index >= 15 is 0 Å². The van der Waals surface area contributed by atoms with Crippen LogP contribution in [0, 0.1) is 0 Å². The van der Waals surface area contributed by atoms with Gasteiger partial charge in [-0.15, -0.1) is 0 Å². The summed E-state index contributed by atoms with van der Waals surface area (Å²) in [5.74, 6) is -1.26. The van der Waals surface area contributed by atoms with Crippen LogP contribution in [0.25, 0.3) is 11.1 Å². The Labute approximate surface area is 170 Å². The van der Waals surface area contributed by atoms with E-state index in [1.807, 2.05) is 53.1 Å². The summed E-state index contributed by atoms with van der Waals surface area (Å²) < 4.78 is 7.20. The Morgan fingerprint density at radius 1 is 0.966 bits per heavy atom. The first-order valence-corrected chi connectivity index (χ1v) is 9.82. The van der Waals surface area contributed by atoms with Crippen molar-refractivity contribution < 1.29 is 19.4 Å². The number of nitrogens with zero attached hydrogens (tertiary/aromatic N) is 1. The van der Waals surface area contributed by atoms with Crippen molar-refractivity contribution in [3.8, 4) is 11.1 Å². The largest absolute Gasteiger partial charge is 0.478 e. The Morgan fingerprint density at radius 2 is 1.69 bits per heavy atom. The fourth-order valence-corrected chi connectivity index (χ4v) is 3.45. The van der Waals surface area contributed by atoms with Crippen molar-refractivity contribution in [2.24, 2.45) is 0 Å². The monoisotopic (exact) mass is 391 g/mol. The van der Waals surface area contributed by atoms with E-state index in [9.17, 15) is 14.7 Å². The zero-order valence-electron chi connectivity index (χ0n) is 16.7. The predicted molar refractivity (Wildman–Crippen MR) is 112 cm³/mol. The molecule has 0 amide bonds. The second-order valence-electron chi connectivity index (χ2n) is 6.81. The van der Waals surface area contributed by atoms with Crippen LogP contribution in [0.15, 0.2) is 60.7 Å². The average Bonchev–Trinajstić information content (AvgIpc) is 3.11. The minimum atomic E-state index is -0.944. The summed E-state index contributed by atoms with van der Waals surface area (Å²) in [7, 11) is 0. The van der Waals surface area contributed by atoms with Gasteiger partial charge in [0.15, 0.2) is 0 Å². The second kappa shape index (κ2) is 9.24. The van der Waals surface area contributed by atoms with Gasteiger partial charge in [-0.3, -0.25) is 0 Å². The van der Waals surface area contributed by atoms with Gasteiger partial charge in [-0.1, -0.05) is 55.8 Å². The molecule has 0 spiro atoms. The van der Waals surface area contributed by atoms with Crippen LogP contribution in [-0.4, -0.2) is 28.2 Å². The van der Waals surface area contributed by atoms with Crippen molar-refractivity contribution in [2.75, 3.05) is 6.61 Å². The van der Waals surface area contributed by atoms with Gasteiger partial charge < -0.3 is 14.4 Å². The Bertz CT molecular complexity index is 1000. The third-order valence-corrected chi connectivity index (χ3v) is 4.82. The Kier molecular flexibility index (Phi) is 6.50. The maximum atomic E-state index is 12.3. The number of aromatic carboxylic acids is 1. The Balaban J connectivity index is 1.90. The number of aromatic nitrogens is 1. The molecule has 5 heteroatoms. The fraction of sp³-hybridized carbons (Fsp3) is 0.250. The molecule has 0 radical (unpaired) electrons. The molecule has 0 saturated carbocycles. The number of benzene rings is 2. The van der Waals surface area contributed by atoms with Crippen LogP contribution in [0.2, 0.25) is 0 Å². The minimum absolute atomic E-state index is 0.278. The zero-order chi connectivity index (χ0) is 20.8. The zero-order valence-corrected chi connectivity index (χ0v) is 16.7. The Morgan fingerprint density at radius 3 is 2.34 bits per heavy atom. The van der Waals surface area contributed by atoms with Crippen LogP contribution in [0.1, 0.15) is 52.4 Å². The van der Waals surface area contributed by atoms with Gasteiger partial charge in [0.25, 0.3) is 0 Å². The highest BCUT2D eigenvalue weighted by Crippen LogP contribution is 2.25. The van der Waals surface area contributed by atoms with E-state index in [1.165, 1.54) is 0 Å². The van der Waals surface area contributed by atoms with Gasteiger partial charge in [0.1, 0.15) is 5.69 Å². The normalized spacial score (nSPS) is 10.7. The van der Waals surface area contributed by atoms with Crippen LogP contribution in [0.5, 0.6) is 0 Å². The molecule has 3 aromatic rings. The van der Waals surface area contributed by atoms with Crippen LogP contribution in [0.3, 0.4) is 0 Å². The van der Waals surface area contributed by atoms with Crippen molar-refractivity contribution in [3.63, 3.8) is 0 Å². The van der Waals surface area contributed by atoms with E-state index in [0.29, 0.717) is 24.4 Å². The summed E-state index contributed by atoms with van der Waals surface area (Å²) in [6, 6.07) is 18.5. The van der Waals surface area contributed by atoms with Crippen LogP contribution < -0.4 is 0 Å². The lowest BCUT2D eigenvalue weighted by Gasteiger charge is -2.14. The molecule has 29 heavy (non-hydrogen) atoms. The number of hydrogen-bond acceptors (Lipinski definition) is 3. The van der Waals surface area contributed by atoms with Crippen LogP contribution >= 0.6 is 0 Å². The average molecular weight is 391 g/mol. The van der Waals surface area contributed by atoms with Gasteiger partial charge in [0.2, 0.25) is 0 Å². The number of carboxylic acid groups (broad SMARTS) is 1. The molecule has 1 N–H and O–H groups in total. The van der Waals surface area contributed by atoms with E-state index in [1.54, 1.807) is 19.1 Å². The standard InChI is InChI=1S/C24H25NO4/c1-3-7-19-14-15-22(24(28)29-4-2)25(19)16-17-10-12-18(13-11-17)20-8-5-6-9-21(20)23(26)27/h5-6,8-15H,3-4,7,16H2,1-2H3,(H,26,27). The third-order valence-electron chi connectivity index (χ3n) is 4.82. The van der Waals surface area contributed by atoms with E-state index in [4.69, 9.17) is 4.74 Å². The Hall–Kier alpha value is -3.34. The number of rotatable bonds is 8. The summed E-state index contributed by atoms with van der Waals surface area (Å²) >= 11 is 0. The molecular formula is C24H25NO4. The van der Waals surface area contributed by atoms with Crippen LogP contribution in [-0.2, 0) is 17.7 Å². The van der Waals surface area contributed by atoms with Crippen LogP contribution in [0.4, 0.5) is 0 Å². The molecule has 3 rings (SSSR count). The van der Waals surface area contributed by atoms with Gasteiger partial charge in [-0.2, -0.15) is 0 Å². The first kappa shape index (κ1) is 20.4. The minimum Gasteiger partial charge on any atom is -0.478 e. The molecule has 2 aromatic carbocycles. The molecule has 1 aromatic heterocycles. The molecule has 0 aliphatic rings. The number of carboxylic acids is 1. The van der Waals surface area contributed by atoms with Gasteiger partial charge >= 0.3 is 11.9 Å². The van der Waals surface area contributed by atoms with E-state index in [0.717, 1.165) is 29.7 Å². The van der Waals surface area contributed by atoms with Crippen molar-refractivity contribution in [2.45, 2.75) is 33.2 Å². The fourth-order valence-electron chi connectivity index (χ4n) is 3.45. The highest BCUT2D eigenvalue weighted by Gasteiger charge is 2.16. The molecule has 0 atom stereocenters.